The molecule has 2 N–H and O–H groups in total. The lowest BCUT2D eigenvalue weighted by Crippen LogP contribution is -2.33. The van der Waals surface area contributed by atoms with Crippen LogP contribution in [0.15, 0.2) is 78.9 Å². The first-order chi connectivity index (χ1) is 20.1. The predicted octanol–water partition coefficient (Wildman–Crippen LogP) is 5.51. The van der Waals surface area contributed by atoms with Gasteiger partial charge in [-0.2, -0.15) is 0 Å². The number of carbonyl (C=O) groups is 3. The molecule has 228 valence electrons. The first-order valence-electron chi connectivity index (χ1n) is 13.7. The molecule has 1 aliphatic rings. The van der Waals surface area contributed by atoms with E-state index in [1.807, 2.05) is 25.9 Å². The number of nitrogens with one attached hydrogen (secondary N) is 2. The van der Waals surface area contributed by atoms with E-state index in [0.29, 0.717) is 36.7 Å². The van der Waals surface area contributed by atoms with E-state index in [4.69, 9.17) is 4.74 Å². The Morgan fingerprint density at radius 3 is 2.37 bits per heavy atom. The Labute approximate surface area is 256 Å². The number of alkyl halides is 2. The van der Waals surface area contributed by atoms with Gasteiger partial charge in [0.25, 0.3) is 17.7 Å². The average molecular weight is 613 g/mol. The number of likely N-dealkylation sites (N-methyl/N-ethyl adjacent to an activating group) is 1. The third kappa shape index (κ3) is 8.18. The van der Waals surface area contributed by atoms with Gasteiger partial charge >= 0.3 is 0 Å². The first kappa shape index (κ1) is 33.2. The molecule has 0 saturated carbocycles. The van der Waals surface area contributed by atoms with Crippen LogP contribution in [0, 0.1) is 0 Å². The van der Waals surface area contributed by atoms with Gasteiger partial charge in [0.15, 0.2) is 0 Å². The summed E-state index contributed by atoms with van der Waals surface area (Å²) in [5, 5.41) is 5.43. The predicted molar refractivity (Wildman–Crippen MR) is 166 cm³/mol. The van der Waals surface area contributed by atoms with Crippen molar-refractivity contribution in [3.63, 3.8) is 0 Å². The van der Waals surface area contributed by atoms with Crippen molar-refractivity contribution in [2.45, 2.75) is 19.3 Å². The van der Waals surface area contributed by atoms with Crippen molar-refractivity contribution in [3.8, 4) is 5.75 Å². The SMILES string of the molecule is CCOc1ccccc1C(=O)Nc1ccc(C(=O)N2CCC(F)(F)/C(=C\C(=O)NCCN(C)C)c3ccccc32)cc1.Cl. The summed E-state index contributed by atoms with van der Waals surface area (Å²) < 4.78 is 36.3. The van der Waals surface area contributed by atoms with Gasteiger partial charge in [-0.25, -0.2) is 8.78 Å². The molecule has 1 heterocycles. The summed E-state index contributed by atoms with van der Waals surface area (Å²) >= 11 is 0. The van der Waals surface area contributed by atoms with Gasteiger partial charge < -0.3 is 25.2 Å². The zero-order valence-electron chi connectivity index (χ0n) is 24.2. The number of halogens is 3. The molecule has 4 rings (SSSR count). The molecular weight excluding hydrogens is 578 g/mol. The lowest BCUT2D eigenvalue weighted by Gasteiger charge is -2.23. The molecule has 0 aromatic heterocycles. The van der Waals surface area contributed by atoms with Gasteiger partial charge in [0, 0.05) is 54.5 Å². The molecule has 0 aliphatic carbocycles. The number of anilines is 2. The Kier molecular flexibility index (Phi) is 11.4. The number of hydrogen-bond acceptors (Lipinski definition) is 5. The van der Waals surface area contributed by atoms with E-state index in [1.165, 1.54) is 23.1 Å². The zero-order chi connectivity index (χ0) is 30.3. The fourth-order valence-corrected chi connectivity index (χ4v) is 4.61. The van der Waals surface area contributed by atoms with Crippen molar-refractivity contribution in [2.24, 2.45) is 0 Å². The monoisotopic (exact) mass is 612 g/mol. The minimum atomic E-state index is -3.34. The Morgan fingerprint density at radius 2 is 1.67 bits per heavy atom. The minimum absolute atomic E-state index is 0. The van der Waals surface area contributed by atoms with Crippen molar-refractivity contribution in [1.29, 1.82) is 0 Å². The number of benzene rings is 3. The van der Waals surface area contributed by atoms with Crippen LogP contribution >= 0.6 is 12.4 Å². The highest BCUT2D eigenvalue weighted by Crippen LogP contribution is 2.43. The van der Waals surface area contributed by atoms with Crippen LogP contribution in [0.5, 0.6) is 5.75 Å². The van der Waals surface area contributed by atoms with E-state index >= 15 is 8.78 Å². The number of hydrogen-bond donors (Lipinski definition) is 2. The van der Waals surface area contributed by atoms with Gasteiger partial charge in [0.2, 0.25) is 5.91 Å². The summed E-state index contributed by atoms with van der Waals surface area (Å²) in [6.07, 6.45) is 0.279. The molecule has 0 radical (unpaired) electrons. The fourth-order valence-electron chi connectivity index (χ4n) is 4.61. The summed E-state index contributed by atoms with van der Waals surface area (Å²) in [5.74, 6) is -4.35. The maximum Gasteiger partial charge on any atom is 0.275 e. The van der Waals surface area contributed by atoms with Crippen LogP contribution < -0.4 is 20.3 Å². The standard InChI is InChI=1S/C32H34F2N4O4.ClH/c1-4-42-28-12-8-6-10-25(28)30(40)36-23-15-13-22(14-16-23)31(41)38-19-17-32(33,34)26(24-9-5-7-11-27(24)38)21-29(39)35-18-20-37(2)3;/h5-16,21H,4,17-20H2,1-3H3,(H,35,39)(H,36,40);1H/b26-21-;. The van der Waals surface area contributed by atoms with E-state index in [0.717, 1.165) is 6.08 Å². The lowest BCUT2D eigenvalue weighted by atomic mass is 9.97. The second-order valence-corrected chi connectivity index (χ2v) is 10.0. The first-order valence-corrected chi connectivity index (χ1v) is 13.7. The molecule has 43 heavy (non-hydrogen) atoms. The highest BCUT2D eigenvalue weighted by atomic mass is 35.5. The number of carbonyl (C=O) groups excluding carboxylic acids is 3. The quantitative estimate of drug-likeness (QED) is 0.311. The van der Waals surface area contributed by atoms with Crippen LogP contribution in [0.2, 0.25) is 0 Å². The Hall–Kier alpha value is -4.28. The van der Waals surface area contributed by atoms with E-state index in [2.05, 4.69) is 10.6 Å². The topological polar surface area (TPSA) is 91.0 Å². The van der Waals surface area contributed by atoms with E-state index < -0.39 is 29.7 Å². The number of amides is 3. The molecule has 0 saturated heterocycles. The number of allylic oxidation sites excluding steroid dienone is 1. The fraction of sp³-hybridized carbons (Fsp3) is 0.281. The van der Waals surface area contributed by atoms with Crippen LogP contribution in [0.25, 0.3) is 5.57 Å². The molecule has 3 aromatic carbocycles. The summed E-state index contributed by atoms with van der Waals surface area (Å²) in [7, 11) is 3.69. The third-order valence-electron chi connectivity index (χ3n) is 6.73. The van der Waals surface area contributed by atoms with Crippen molar-refractivity contribution in [1.82, 2.24) is 10.2 Å². The second-order valence-electron chi connectivity index (χ2n) is 10.0. The summed E-state index contributed by atoms with van der Waals surface area (Å²) in [5.41, 5.74) is 1.06. The summed E-state index contributed by atoms with van der Waals surface area (Å²) in [6.45, 7) is 2.86. The number of ether oxygens (including phenoxy) is 1. The average Bonchev–Trinajstić information content (AvgIpc) is 3.07. The van der Waals surface area contributed by atoms with Gasteiger partial charge in [0.05, 0.1) is 17.9 Å². The maximum absolute atomic E-state index is 15.4. The Bertz CT molecular complexity index is 1480. The van der Waals surface area contributed by atoms with Crippen molar-refractivity contribution in [2.75, 3.05) is 50.6 Å². The zero-order valence-corrected chi connectivity index (χ0v) is 25.0. The van der Waals surface area contributed by atoms with E-state index in [-0.39, 0.29) is 41.7 Å². The number of fused-ring (bicyclic) bond motifs is 1. The summed E-state index contributed by atoms with van der Waals surface area (Å²) in [4.78, 5) is 42.1. The van der Waals surface area contributed by atoms with Crippen LogP contribution in [-0.4, -0.2) is 68.9 Å². The Morgan fingerprint density at radius 1 is 1.00 bits per heavy atom. The molecule has 0 spiro atoms. The normalized spacial score (nSPS) is 14.7. The molecule has 11 heteroatoms. The molecule has 3 aromatic rings. The maximum atomic E-state index is 15.4. The van der Waals surface area contributed by atoms with Crippen LogP contribution in [0.1, 0.15) is 39.6 Å². The summed E-state index contributed by atoms with van der Waals surface area (Å²) in [6, 6.07) is 19.5. The van der Waals surface area contributed by atoms with Crippen molar-refractivity contribution in [3.05, 3.63) is 95.6 Å². The van der Waals surface area contributed by atoms with Gasteiger partial charge in [-0.1, -0.05) is 30.3 Å². The largest absolute Gasteiger partial charge is 0.493 e. The minimum Gasteiger partial charge on any atom is -0.493 e. The van der Waals surface area contributed by atoms with Crippen molar-refractivity contribution >= 4 is 47.1 Å². The van der Waals surface area contributed by atoms with Gasteiger partial charge in [-0.15, -0.1) is 12.4 Å². The van der Waals surface area contributed by atoms with Gasteiger partial charge in [-0.3, -0.25) is 14.4 Å². The van der Waals surface area contributed by atoms with Crippen molar-refractivity contribution < 1.29 is 27.9 Å². The van der Waals surface area contributed by atoms with Gasteiger partial charge in [0.1, 0.15) is 5.75 Å². The number of rotatable bonds is 9. The smallest absolute Gasteiger partial charge is 0.275 e. The molecule has 1 aliphatic heterocycles. The molecule has 0 bridgehead atoms. The van der Waals surface area contributed by atoms with Gasteiger partial charge in [-0.05, 0) is 63.5 Å². The number of para-hydroxylation sites is 2. The molecular formula is C32H35ClF2N4O4. The van der Waals surface area contributed by atoms with Crippen LogP contribution in [0.4, 0.5) is 20.2 Å². The molecule has 0 atom stereocenters. The highest BCUT2D eigenvalue weighted by molar-refractivity contribution is 6.10. The lowest BCUT2D eigenvalue weighted by molar-refractivity contribution is -0.116. The Balaban J connectivity index is 0.00000506. The molecule has 3 amide bonds. The number of nitrogens with zero attached hydrogens (tertiary/aromatic N) is 2. The second kappa shape index (κ2) is 14.8. The van der Waals surface area contributed by atoms with Crippen LogP contribution in [-0.2, 0) is 4.79 Å². The highest BCUT2D eigenvalue weighted by Gasteiger charge is 2.41. The van der Waals surface area contributed by atoms with E-state index in [9.17, 15) is 14.4 Å². The molecule has 0 fully saturated rings. The molecule has 8 nitrogen and oxygen atoms in total. The third-order valence-corrected chi connectivity index (χ3v) is 6.73. The van der Waals surface area contributed by atoms with E-state index in [1.54, 1.807) is 54.6 Å². The van der Waals surface area contributed by atoms with Crippen LogP contribution in [0.3, 0.4) is 0 Å². The molecule has 0 unspecified atom stereocenters.